The molecule has 0 saturated carbocycles. The number of aromatic nitrogens is 4. The van der Waals surface area contributed by atoms with Gasteiger partial charge in [0.15, 0.2) is 17.1 Å². The Hall–Kier alpha value is -5.50. The molecule has 2 aromatic carbocycles. The average molecular weight is 703 g/mol. The number of aromatic amines is 1. The number of nitrogens with two attached hydrogens (primary N) is 1. The van der Waals surface area contributed by atoms with Gasteiger partial charge in [-0.05, 0) is 81.3 Å². The molecule has 14 nitrogen and oxygen atoms in total. The third kappa shape index (κ3) is 5.90. The molecule has 3 amide bonds. The zero-order chi connectivity index (χ0) is 35.3. The number of benzene rings is 2. The fourth-order valence-electron chi connectivity index (χ4n) is 8.49. The van der Waals surface area contributed by atoms with Crippen molar-refractivity contribution in [3.8, 4) is 0 Å². The minimum Gasteiger partial charge on any atom is -0.382 e. The second kappa shape index (κ2) is 13.2. The number of hydrogen-bond donors (Lipinski definition) is 4. The maximum absolute atomic E-state index is 12.7. The highest BCUT2D eigenvalue weighted by atomic mass is 16.5. The van der Waals surface area contributed by atoms with Crippen molar-refractivity contribution >= 4 is 62.6 Å². The fraction of sp³-hybridized carbons (Fsp3) is 0.421. The first-order valence-electron chi connectivity index (χ1n) is 18.4. The van der Waals surface area contributed by atoms with E-state index in [0.717, 1.165) is 98.4 Å². The van der Waals surface area contributed by atoms with Crippen molar-refractivity contribution < 1.29 is 18.9 Å². The lowest BCUT2D eigenvalue weighted by Crippen LogP contribution is -2.60. The summed E-state index contributed by atoms with van der Waals surface area (Å²) in [6.07, 6.45) is 9.84. The van der Waals surface area contributed by atoms with Crippen molar-refractivity contribution in [3.63, 3.8) is 0 Å². The van der Waals surface area contributed by atoms with Crippen LogP contribution in [0.25, 0.3) is 21.9 Å². The van der Waals surface area contributed by atoms with E-state index in [9.17, 15) is 14.4 Å². The van der Waals surface area contributed by atoms with Gasteiger partial charge in [0, 0.05) is 62.0 Å². The van der Waals surface area contributed by atoms with Gasteiger partial charge in [-0.15, -0.1) is 0 Å². The molecule has 4 fully saturated rings. The van der Waals surface area contributed by atoms with Crippen LogP contribution in [0.5, 0.6) is 0 Å². The van der Waals surface area contributed by atoms with Gasteiger partial charge >= 0.3 is 0 Å². The highest BCUT2D eigenvalue weighted by Gasteiger charge is 2.37. The lowest BCUT2D eigenvalue weighted by atomic mass is 9.88. The third-order valence-corrected chi connectivity index (χ3v) is 11.4. The van der Waals surface area contributed by atoms with Crippen LogP contribution in [0, 0.1) is 0 Å². The Labute approximate surface area is 300 Å². The van der Waals surface area contributed by atoms with Crippen molar-refractivity contribution in [3.05, 3.63) is 65.7 Å². The van der Waals surface area contributed by atoms with Crippen molar-refractivity contribution in [2.24, 2.45) is 5.73 Å². The first kappa shape index (κ1) is 32.4. The Morgan fingerprint density at radius 1 is 0.942 bits per heavy atom. The molecule has 5 aromatic rings. The summed E-state index contributed by atoms with van der Waals surface area (Å²) in [6, 6.07) is 12.9. The number of H-pyrrole nitrogens is 1. The van der Waals surface area contributed by atoms with Crippen molar-refractivity contribution in [1.82, 2.24) is 30.3 Å². The molecule has 4 aliphatic rings. The quantitative estimate of drug-likeness (QED) is 0.167. The molecule has 4 saturated heterocycles. The molecule has 4 aliphatic heterocycles. The van der Waals surface area contributed by atoms with Crippen LogP contribution in [-0.4, -0.2) is 88.0 Å². The topological polar surface area (TPSA) is 179 Å². The predicted molar refractivity (Wildman–Crippen MR) is 197 cm³/mol. The third-order valence-electron chi connectivity index (χ3n) is 11.4. The highest BCUT2D eigenvalue weighted by Crippen LogP contribution is 2.41. The molecule has 1 atom stereocenters. The molecule has 0 bridgehead atoms. The van der Waals surface area contributed by atoms with E-state index in [1.54, 1.807) is 12.4 Å². The minimum absolute atomic E-state index is 0.140. The van der Waals surface area contributed by atoms with E-state index >= 15 is 0 Å². The molecule has 1 unspecified atom stereocenters. The highest BCUT2D eigenvalue weighted by molar-refractivity contribution is 6.13. The number of rotatable bonds is 8. The molecule has 268 valence electrons. The molecule has 52 heavy (non-hydrogen) atoms. The lowest BCUT2D eigenvalue weighted by Gasteiger charge is -2.48. The van der Waals surface area contributed by atoms with Crippen LogP contribution in [0.3, 0.4) is 0 Å². The zero-order valence-corrected chi connectivity index (χ0v) is 28.9. The standard InChI is InChI=1S/C38H42N10O4/c39-36(50)35-37(43-30(19-41-35)47-14-2-1-3-15-47)42-24-6-4-22(5-7-24)23-11-16-46(17-12-23)25-20-48(21-25)28-18-29-32(26-10-13-40-33(26)28)34(45-52-29)27-8-9-31(49)44-38(27)51/h4-7,10,13,18-19,23,25,27,45H,1-3,8-9,11-12,14-17,20-21H2,(H2,39,50)(H,42,43)(H,44,49,51). The van der Waals surface area contributed by atoms with Crippen LogP contribution in [0.2, 0.25) is 0 Å². The van der Waals surface area contributed by atoms with E-state index in [0.29, 0.717) is 41.9 Å². The van der Waals surface area contributed by atoms with Gasteiger partial charge in [-0.3, -0.25) is 29.6 Å². The van der Waals surface area contributed by atoms with Crippen LogP contribution >= 0.6 is 0 Å². The Morgan fingerprint density at radius 2 is 1.73 bits per heavy atom. The van der Waals surface area contributed by atoms with Gasteiger partial charge in [-0.2, -0.15) is 0 Å². The van der Waals surface area contributed by atoms with E-state index in [-0.39, 0.29) is 17.5 Å². The summed E-state index contributed by atoms with van der Waals surface area (Å²) in [4.78, 5) is 57.5. The van der Waals surface area contributed by atoms with Gasteiger partial charge in [-0.1, -0.05) is 12.1 Å². The fourth-order valence-corrected chi connectivity index (χ4v) is 8.49. The van der Waals surface area contributed by atoms with Crippen LogP contribution < -0.4 is 26.2 Å². The first-order valence-corrected chi connectivity index (χ1v) is 18.4. The summed E-state index contributed by atoms with van der Waals surface area (Å²) in [7, 11) is 0. The summed E-state index contributed by atoms with van der Waals surface area (Å²) < 4.78 is 5.91. The first-order chi connectivity index (χ1) is 25.4. The number of imide groups is 1. The summed E-state index contributed by atoms with van der Waals surface area (Å²) in [5.41, 5.74) is 11.3. The monoisotopic (exact) mass is 702 g/mol. The Balaban J connectivity index is 0.824. The molecule has 0 radical (unpaired) electrons. The number of nitrogens with zero attached hydrogens (tertiary/aromatic N) is 6. The smallest absolute Gasteiger partial charge is 0.271 e. The van der Waals surface area contributed by atoms with E-state index in [4.69, 9.17) is 20.2 Å². The van der Waals surface area contributed by atoms with Crippen molar-refractivity contribution in [2.45, 2.75) is 62.8 Å². The number of piperidine rings is 3. The molecular weight excluding hydrogens is 660 g/mol. The molecule has 9 rings (SSSR count). The van der Waals surface area contributed by atoms with E-state index in [2.05, 4.69) is 47.6 Å². The Morgan fingerprint density at radius 3 is 2.48 bits per heavy atom. The summed E-state index contributed by atoms with van der Waals surface area (Å²) in [6.45, 7) is 5.77. The largest absolute Gasteiger partial charge is 0.382 e. The molecular formula is C38H42N10O4. The Bertz CT molecular complexity index is 2160. The molecule has 0 aliphatic carbocycles. The molecule has 14 heteroatoms. The van der Waals surface area contributed by atoms with Gasteiger partial charge in [0.05, 0.1) is 34.4 Å². The van der Waals surface area contributed by atoms with Gasteiger partial charge in [-0.25, -0.2) is 15.1 Å². The number of nitrogens with one attached hydrogen (secondary N) is 3. The maximum atomic E-state index is 12.7. The van der Waals surface area contributed by atoms with Gasteiger partial charge < -0.3 is 25.4 Å². The lowest BCUT2D eigenvalue weighted by molar-refractivity contribution is -0.134. The predicted octanol–water partition coefficient (Wildman–Crippen LogP) is 4.52. The van der Waals surface area contributed by atoms with Crippen LogP contribution in [-0.2, 0) is 9.59 Å². The van der Waals surface area contributed by atoms with E-state index < -0.39 is 11.8 Å². The van der Waals surface area contributed by atoms with Gasteiger partial charge in [0.25, 0.3) is 5.91 Å². The second-order valence-corrected chi connectivity index (χ2v) is 14.6. The molecule has 5 N–H and O–H groups in total. The second-order valence-electron chi connectivity index (χ2n) is 14.6. The summed E-state index contributed by atoms with van der Waals surface area (Å²) >= 11 is 0. The normalized spacial score (nSPS) is 20.7. The number of carbonyl (C=O) groups is 3. The van der Waals surface area contributed by atoms with Crippen LogP contribution in [0.4, 0.5) is 23.0 Å². The summed E-state index contributed by atoms with van der Waals surface area (Å²) in [5, 5.41) is 10.6. The number of fused-ring (bicyclic) bond motifs is 3. The van der Waals surface area contributed by atoms with Gasteiger partial charge in [0.1, 0.15) is 5.82 Å². The van der Waals surface area contributed by atoms with E-state index in [1.807, 2.05) is 24.3 Å². The number of anilines is 4. The number of hydrogen-bond acceptors (Lipinski definition) is 11. The van der Waals surface area contributed by atoms with Gasteiger partial charge in [0.2, 0.25) is 11.8 Å². The SMILES string of the molecule is NC(=O)c1ncc(N2CCCCC2)nc1Nc1ccc(C2CCN(C3CN(c4cc5o[nH]c(C6CCC(=O)NC6=O)c5c5ccnc45)C3)CC2)cc1. The van der Waals surface area contributed by atoms with Crippen molar-refractivity contribution in [1.29, 1.82) is 0 Å². The Kier molecular flexibility index (Phi) is 8.25. The molecule has 3 aromatic heterocycles. The summed E-state index contributed by atoms with van der Waals surface area (Å²) in [5.74, 6) is 0.0294. The molecule has 7 heterocycles. The van der Waals surface area contributed by atoms with Crippen LogP contribution in [0.1, 0.15) is 78.5 Å². The minimum atomic E-state index is -0.605. The van der Waals surface area contributed by atoms with E-state index in [1.165, 1.54) is 12.0 Å². The zero-order valence-electron chi connectivity index (χ0n) is 28.9. The number of primary amides is 1. The van der Waals surface area contributed by atoms with Crippen molar-refractivity contribution in [2.75, 3.05) is 54.4 Å². The maximum Gasteiger partial charge on any atom is 0.271 e. The average Bonchev–Trinajstić information content (AvgIpc) is 3.80. The molecule has 0 spiro atoms. The van der Waals surface area contributed by atoms with Crippen LogP contribution in [0.15, 0.2) is 53.3 Å². The number of carbonyl (C=O) groups excluding carboxylic acids is 3. The number of amides is 3. The number of likely N-dealkylation sites (tertiary alicyclic amines) is 1.